The molecule has 88 valence electrons. The number of carbonyl (C=O) groups is 2. The Morgan fingerprint density at radius 1 is 1.20 bits per heavy atom. The average molecular weight is 218 g/mol. The number of hydrogen-bond acceptors (Lipinski definition) is 5. The van der Waals surface area contributed by atoms with Crippen molar-refractivity contribution >= 4 is 11.9 Å². The highest BCUT2D eigenvalue weighted by atomic mass is 16.5. The second-order valence-corrected chi connectivity index (χ2v) is 3.72. The number of carbonyl (C=O) groups excluding carboxylic acids is 2. The molecular weight excluding hydrogens is 200 g/mol. The maximum Gasteiger partial charge on any atom is 0.302 e. The van der Waals surface area contributed by atoms with Crippen molar-refractivity contribution in [3.8, 4) is 0 Å². The van der Waals surface area contributed by atoms with Crippen molar-refractivity contribution in [3.63, 3.8) is 0 Å². The minimum Gasteiger partial charge on any atom is -0.466 e. The largest absolute Gasteiger partial charge is 0.466 e. The van der Waals surface area contributed by atoms with E-state index in [1.165, 1.54) is 13.8 Å². The molecule has 5 heteroatoms. The minimum atomic E-state index is -1.06. The van der Waals surface area contributed by atoms with E-state index in [1.54, 1.807) is 6.92 Å². The van der Waals surface area contributed by atoms with Gasteiger partial charge in [-0.1, -0.05) is 0 Å². The van der Waals surface area contributed by atoms with Gasteiger partial charge in [-0.25, -0.2) is 0 Å². The van der Waals surface area contributed by atoms with Gasteiger partial charge in [0.05, 0.1) is 12.2 Å². The maximum absolute atomic E-state index is 10.5. The van der Waals surface area contributed by atoms with Crippen molar-refractivity contribution in [3.05, 3.63) is 0 Å². The van der Waals surface area contributed by atoms with Crippen LogP contribution in [-0.2, 0) is 19.1 Å². The monoisotopic (exact) mass is 218 g/mol. The molecule has 15 heavy (non-hydrogen) atoms. The van der Waals surface area contributed by atoms with Crippen molar-refractivity contribution in [1.29, 1.82) is 0 Å². The lowest BCUT2D eigenvalue weighted by Gasteiger charge is -2.22. The van der Waals surface area contributed by atoms with Crippen LogP contribution in [0.4, 0.5) is 0 Å². The number of aliphatic hydroxyl groups is 1. The molecule has 0 saturated heterocycles. The second kappa shape index (κ2) is 6.40. The Kier molecular flexibility index (Phi) is 5.93. The van der Waals surface area contributed by atoms with E-state index >= 15 is 0 Å². The molecule has 0 aromatic rings. The van der Waals surface area contributed by atoms with Gasteiger partial charge >= 0.3 is 11.9 Å². The van der Waals surface area contributed by atoms with E-state index in [0.717, 1.165) is 0 Å². The molecule has 0 aromatic heterocycles. The number of ether oxygens (including phenoxy) is 2. The zero-order valence-electron chi connectivity index (χ0n) is 9.41. The van der Waals surface area contributed by atoms with Gasteiger partial charge in [-0.15, -0.1) is 0 Å². The van der Waals surface area contributed by atoms with Gasteiger partial charge in [-0.05, 0) is 19.8 Å². The number of esters is 2. The van der Waals surface area contributed by atoms with Crippen LogP contribution in [0.1, 0.15) is 33.6 Å². The molecule has 1 N–H and O–H groups in total. The van der Waals surface area contributed by atoms with Crippen LogP contribution in [0.3, 0.4) is 0 Å². The van der Waals surface area contributed by atoms with E-state index in [1.807, 2.05) is 0 Å². The van der Waals surface area contributed by atoms with Crippen LogP contribution in [0.15, 0.2) is 0 Å². The number of hydrogen-bond donors (Lipinski definition) is 1. The number of rotatable bonds is 6. The van der Waals surface area contributed by atoms with E-state index in [0.29, 0.717) is 12.8 Å². The predicted molar refractivity (Wildman–Crippen MR) is 53.1 cm³/mol. The topological polar surface area (TPSA) is 72.8 Å². The molecule has 1 unspecified atom stereocenters. The van der Waals surface area contributed by atoms with Gasteiger partial charge in [0.1, 0.15) is 6.61 Å². The Bertz CT molecular complexity index is 222. The summed E-state index contributed by atoms with van der Waals surface area (Å²) in [6.07, 6.45) is 0.946. The quantitative estimate of drug-likeness (QED) is 0.523. The van der Waals surface area contributed by atoms with Crippen LogP contribution in [-0.4, -0.2) is 35.9 Å². The van der Waals surface area contributed by atoms with Crippen LogP contribution in [0.2, 0.25) is 0 Å². The molecule has 5 nitrogen and oxygen atoms in total. The van der Waals surface area contributed by atoms with E-state index in [4.69, 9.17) is 4.74 Å². The van der Waals surface area contributed by atoms with Crippen molar-refractivity contribution in [2.24, 2.45) is 0 Å². The predicted octanol–water partition coefficient (Wildman–Crippen LogP) is 0.644. The lowest BCUT2D eigenvalue weighted by atomic mass is 10.0. The first-order valence-electron chi connectivity index (χ1n) is 4.82. The first kappa shape index (κ1) is 13.9. The molecule has 0 amide bonds. The molecule has 0 saturated carbocycles. The van der Waals surface area contributed by atoms with Crippen LogP contribution >= 0.6 is 0 Å². The van der Waals surface area contributed by atoms with Gasteiger partial charge < -0.3 is 14.6 Å². The minimum absolute atomic E-state index is 0.0393. The Labute approximate surface area is 89.4 Å². The van der Waals surface area contributed by atoms with E-state index < -0.39 is 11.6 Å². The molecular formula is C10H18O5. The van der Waals surface area contributed by atoms with Crippen LogP contribution < -0.4 is 0 Å². The summed E-state index contributed by atoms with van der Waals surface area (Å²) in [5.74, 6) is -0.759. The van der Waals surface area contributed by atoms with Gasteiger partial charge in [0, 0.05) is 13.8 Å². The molecule has 1 atom stereocenters. The van der Waals surface area contributed by atoms with Crippen molar-refractivity contribution in [2.45, 2.75) is 39.2 Å². The standard InChI is InChI=1S/C10H18O5/c1-8(11)14-6-4-5-10(3,13)7-15-9(2)12/h13H,4-7H2,1-3H3. The molecule has 0 spiro atoms. The average Bonchev–Trinajstić information content (AvgIpc) is 2.09. The summed E-state index contributed by atoms with van der Waals surface area (Å²) in [5, 5.41) is 9.71. The first-order chi connectivity index (χ1) is 6.83. The van der Waals surface area contributed by atoms with Gasteiger partial charge in [0.15, 0.2) is 0 Å². The van der Waals surface area contributed by atoms with Gasteiger partial charge in [0.2, 0.25) is 0 Å². The fourth-order valence-corrected chi connectivity index (χ4v) is 0.998. The Hall–Kier alpha value is -1.10. The van der Waals surface area contributed by atoms with Crippen molar-refractivity contribution in [1.82, 2.24) is 0 Å². The molecule has 0 aliphatic carbocycles. The summed E-state index contributed by atoms with van der Waals surface area (Å²) in [5.41, 5.74) is -1.06. The second-order valence-electron chi connectivity index (χ2n) is 3.72. The van der Waals surface area contributed by atoms with Gasteiger partial charge in [-0.3, -0.25) is 9.59 Å². The van der Waals surface area contributed by atoms with E-state index in [2.05, 4.69) is 4.74 Å². The summed E-state index contributed by atoms with van der Waals surface area (Å²) < 4.78 is 9.39. The van der Waals surface area contributed by atoms with Crippen molar-refractivity contribution < 1.29 is 24.2 Å². The molecule has 0 bridgehead atoms. The lowest BCUT2D eigenvalue weighted by Crippen LogP contribution is -2.32. The molecule has 0 fully saturated rings. The molecule has 0 radical (unpaired) electrons. The maximum atomic E-state index is 10.5. The third kappa shape index (κ3) is 9.21. The Morgan fingerprint density at radius 2 is 1.73 bits per heavy atom. The van der Waals surface area contributed by atoms with E-state index in [-0.39, 0.29) is 19.2 Å². The summed E-state index contributed by atoms with van der Waals surface area (Å²) in [7, 11) is 0. The van der Waals surface area contributed by atoms with Crippen LogP contribution in [0.5, 0.6) is 0 Å². The van der Waals surface area contributed by atoms with Crippen molar-refractivity contribution in [2.75, 3.05) is 13.2 Å². The molecule has 0 aliphatic rings. The van der Waals surface area contributed by atoms with Crippen LogP contribution in [0, 0.1) is 0 Å². The summed E-state index contributed by atoms with van der Waals surface area (Å²) in [6.45, 7) is 4.42. The highest BCUT2D eigenvalue weighted by Crippen LogP contribution is 2.12. The highest BCUT2D eigenvalue weighted by Gasteiger charge is 2.21. The zero-order chi connectivity index (χ0) is 11.9. The zero-order valence-corrected chi connectivity index (χ0v) is 9.41. The third-order valence-corrected chi connectivity index (χ3v) is 1.75. The smallest absolute Gasteiger partial charge is 0.302 e. The fourth-order valence-electron chi connectivity index (χ4n) is 0.998. The lowest BCUT2D eigenvalue weighted by molar-refractivity contribution is -0.148. The third-order valence-electron chi connectivity index (χ3n) is 1.75. The molecule has 0 aromatic carbocycles. The molecule has 0 rings (SSSR count). The normalized spacial score (nSPS) is 14.1. The first-order valence-corrected chi connectivity index (χ1v) is 4.82. The highest BCUT2D eigenvalue weighted by molar-refractivity contribution is 5.66. The Balaban J connectivity index is 3.64. The molecule has 0 heterocycles. The summed E-state index contributed by atoms with van der Waals surface area (Å²) in [6, 6.07) is 0. The Morgan fingerprint density at radius 3 is 2.20 bits per heavy atom. The van der Waals surface area contributed by atoms with Gasteiger partial charge in [0.25, 0.3) is 0 Å². The fraction of sp³-hybridized carbons (Fsp3) is 0.800. The summed E-state index contributed by atoms with van der Waals surface area (Å²) in [4.78, 5) is 20.9. The van der Waals surface area contributed by atoms with Gasteiger partial charge in [-0.2, -0.15) is 0 Å². The summed E-state index contributed by atoms with van der Waals surface area (Å²) >= 11 is 0. The van der Waals surface area contributed by atoms with E-state index in [9.17, 15) is 14.7 Å². The molecule has 0 aliphatic heterocycles. The van der Waals surface area contributed by atoms with Crippen LogP contribution in [0.25, 0.3) is 0 Å². The SMILES string of the molecule is CC(=O)OCCCC(C)(O)COC(C)=O.